The number of thiazole rings is 1. The number of hydrogen-bond acceptors (Lipinski definition) is 5. The van der Waals surface area contributed by atoms with Gasteiger partial charge in [0, 0.05) is 18.0 Å². The molecule has 1 aromatic heterocycles. The van der Waals surface area contributed by atoms with E-state index in [0.717, 1.165) is 42.7 Å². The number of aromatic nitrogens is 1. The predicted octanol–water partition coefficient (Wildman–Crippen LogP) is 2.58. The van der Waals surface area contributed by atoms with Crippen LogP contribution in [0.1, 0.15) is 43.2 Å². The summed E-state index contributed by atoms with van der Waals surface area (Å²) in [6.07, 6.45) is 3.08. The highest BCUT2D eigenvalue weighted by Crippen LogP contribution is 2.41. The van der Waals surface area contributed by atoms with Gasteiger partial charge in [-0.2, -0.15) is 0 Å². The number of ether oxygens (including phenoxy) is 1. The lowest BCUT2D eigenvalue weighted by Gasteiger charge is -2.14. The quantitative estimate of drug-likeness (QED) is 0.798. The van der Waals surface area contributed by atoms with Crippen molar-refractivity contribution in [1.29, 1.82) is 0 Å². The van der Waals surface area contributed by atoms with E-state index in [1.807, 2.05) is 6.92 Å². The summed E-state index contributed by atoms with van der Waals surface area (Å²) in [7, 11) is 0. The van der Waals surface area contributed by atoms with Crippen molar-refractivity contribution in [2.24, 2.45) is 5.92 Å². The van der Waals surface area contributed by atoms with Crippen LogP contribution >= 0.6 is 11.3 Å². The van der Waals surface area contributed by atoms with E-state index in [1.54, 1.807) is 11.3 Å². The molecule has 1 saturated heterocycles. The van der Waals surface area contributed by atoms with E-state index < -0.39 is 0 Å². The molecule has 1 aliphatic heterocycles. The lowest BCUT2D eigenvalue weighted by Crippen LogP contribution is -2.19. The zero-order valence-corrected chi connectivity index (χ0v) is 12.3. The molecule has 0 radical (unpaired) electrons. The van der Waals surface area contributed by atoms with Gasteiger partial charge in [0.05, 0.1) is 12.3 Å². The molecular formula is C14H20N2O2S. The summed E-state index contributed by atoms with van der Waals surface area (Å²) in [4.78, 5) is 20.3. The smallest absolute Gasteiger partial charge is 0.315 e. The average Bonchev–Trinajstić information content (AvgIpc) is 3.02. The SMILES string of the molecule is CCOC(=O)C1CCc2sc(N3CCC(C)C3)nc21. The number of anilines is 1. The molecular weight excluding hydrogens is 260 g/mol. The van der Waals surface area contributed by atoms with Crippen LogP contribution in [-0.4, -0.2) is 30.6 Å². The molecule has 2 atom stereocenters. The number of nitrogens with zero attached hydrogens (tertiary/aromatic N) is 2. The summed E-state index contributed by atoms with van der Waals surface area (Å²) in [6, 6.07) is 0. The van der Waals surface area contributed by atoms with E-state index in [0.29, 0.717) is 6.61 Å². The van der Waals surface area contributed by atoms with Crippen molar-refractivity contribution in [2.75, 3.05) is 24.6 Å². The van der Waals surface area contributed by atoms with Crippen molar-refractivity contribution in [3.05, 3.63) is 10.6 Å². The van der Waals surface area contributed by atoms with E-state index in [1.165, 1.54) is 11.3 Å². The lowest BCUT2D eigenvalue weighted by molar-refractivity contribution is -0.145. The van der Waals surface area contributed by atoms with Crippen LogP contribution in [-0.2, 0) is 16.0 Å². The van der Waals surface area contributed by atoms with Crippen LogP contribution < -0.4 is 4.90 Å². The molecule has 2 unspecified atom stereocenters. The van der Waals surface area contributed by atoms with Gasteiger partial charge in [0.2, 0.25) is 0 Å². The number of carbonyl (C=O) groups excluding carboxylic acids is 1. The standard InChI is InChI=1S/C14H20N2O2S/c1-3-18-13(17)10-4-5-11-12(10)15-14(19-11)16-7-6-9(2)8-16/h9-10H,3-8H2,1-2H3. The molecule has 1 fully saturated rings. The summed E-state index contributed by atoms with van der Waals surface area (Å²) in [6.45, 7) is 6.77. The normalized spacial score (nSPS) is 25.7. The third-order valence-corrected chi connectivity index (χ3v) is 5.16. The Morgan fingerprint density at radius 3 is 3.05 bits per heavy atom. The van der Waals surface area contributed by atoms with Gasteiger partial charge in [0.15, 0.2) is 5.13 Å². The lowest BCUT2D eigenvalue weighted by atomic mass is 10.1. The fourth-order valence-electron chi connectivity index (χ4n) is 2.93. The third kappa shape index (κ3) is 2.36. The molecule has 3 rings (SSSR count). The van der Waals surface area contributed by atoms with Crippen LogP contribution in [0.15, 0.2) is 0 Å². The van der Waals surface area contributed by atoms with Gasteiger partial charge in [-0.15, -0.1) is 11.3 Å². The largest absolute Gasteiger partial charge is 0.465 e. The average molecular weight is 280 g/mol. The van der Waals surface area contributed by atoms with E-state index in [9.17, 15) is 4.79 Å². The summed E-state index contributed by atoms with van der Waals surface area (Å²) in [5.74, 6) is 0.521. The Morgan fingerprint density at radius 1 is 1.53 bits per heavy atom. The minimum absolute atomic E-state index is 0.104. The third-order valence-electron chi connectivity index (χ3n) is 3.97. The first-order valence-electron chi connectivity index (χ1n) is 7.10. The van der Waals surface area contributed by atoms with Gasteiger partial charge in [-0.3, -0.25) is 4.79 Å². The second-order valence-electron chi connectivity index (χ2n) is 5.49. The van der Waals surface area contributed by atoms with Crippen molar-refractivity contribution in [1.82, 2.24) is 4.98 Å². The fraction of sp³-hybridized carbons (Fsp3) is 0.714. The summed E-state index contributed by atoms with van der Waals surface area (Å²) in [5, 5.41) is 1.10. The first-order valence-corrected chi connectivity index (χ1v) is 7.92. The molecule has 0 N–H and O–H groups in total. The maximum absolute atomic E-state index is 11.9. The monoisotopic (exact) mass is 280 g/mol. The Labute approximate surface area is 117 Å². The molecule has 2 heterocycles. The second kappa shape index (κ2) is 5.12. The zero-order chi connectivity index (χ0) is 13.4. The van der Waals surface area contributed by atoms with Crippen molar-refractivity contribution < 1.29 is 9.53 Å². The maximum Gasteiger partial charge on any atom is 0.315 e. The van der Waals surface area contributed by atoms with Crippen LogP contribution in [0.3, 0.4) is 0 Å². The van der Waals surface area contributed by atoms with Crippen LogP contribution in [0.5, 0.6) is 0 Å². The Bertz CT molecular complexity index is 486. The molecule has 1 aromatic rings. The minimum atomic E-state index is -0.125. The fourth-order valence-corrected chi connectivity index (χ4v) is 4.10. The second-order valence-corrected chi connectivity index (χ2v) is 6.55. The molecule has 19 heavy (non-hydrogen) atoms. The topological polar surface area (TPSA) is 42.4 Å². The first kappa shape index (κ1) is 12.9. The maximum atomic E-state index is 11.9. The molecule has 5 heteroatoms. The molecule has 0 bridgehead atoms. The molecule has 0 saturated carbocycles. The number of fused-ring (bicyclic) bond motifs is 1. The van der Waals surface area contributed by atoms with Gasteiger partial charge in [-0.05, 0) is 32.1 Å². The van der Waals surface area contributed by atoms with Gasteiger partial charge in [0.25, 0.3) is 0 Å². The van der Waals surface area contributed by atoms with Crippen molar-refractivity contribution in [2.45, 2.75) is 39.0 Å². The van der Waals surface area contributed by atoms with Gasteiger partial charge < -0.3 is 9.64 Å². The molecule has 0 aromatic carbocycles. The van der Waals surface area contributed by atoms with Gasteiger partial charge in [-0.25, -0.2) is 4.98 Å². The van der Waals surface area contributed by atoms with E-state index in [-0.39, 0.29) is 11.9 Å². The predicted molar refractivity (Wildman–Crippen MR) is 75.8 cm³/mol. The van der Waals surface area contributed by atoms with E-state index in [4.69, 9.17) is 9.72 Å². The molecule has 0 spiro atoms. The molecule has 2 aliphatic rings. The van der Waals surface area contributed by atoms with Gasteiger partial charge in [-0.1, -0.05) is 6.92 Å². The number of esters is 1. The van der Waals surface area contributed by atoms with Crippen LogP contribution in [0.2, 0.25) is 0 Å². The Hall–Kier alpha value is -1.10. The van der Waals surface area contributed by atoms with E-state index in [2.05, 4.69) is 11.8 Å². The highest BCUT2D eigenvalue weighted by molar-refractivity contribution is 7.15. The zero-order valence-electron chi connectivity index (χ0n) is 11.5. The van der Waals surface area contributed by atoms with E-state index >= 15 is 0 Å². The van der Waals surface area contributed by atoms with Gasteiger partial charge >= 0.3 is 5.97 Å². The number of hydrogen-bond donors (Lipinski definition) is 0. The van der Waals surface area contributed by atoms with Crippen molar-refractivity contribution in [3.63, 3.8) is 0 Å². The van der Waals surface area contributed by atoms with Gasteiger partial charge in [0.1, 0.15) is 5.92 Å². The highest BCUT2D eigenvalue weighted by atomic mass is 32.1. The number of aryl methyl sites for hydroxylation is 1. The Balaban J connectivity index is 1.78. The van der Waals surface area contributed by atoms with Crippen LogP contribution in [0.25, 0.3) is 0 Å². The molecule has 104 valence electrons. The molecule has 1 aliphatic carbocycles. The number of carbonyl (C=O) groups is 1. The molecule has 0 amide bonds. The van der Waals surface area contributed by atoms with Crippen molar-refractivity contribution in [3.8, 4) is 0 Å². The van der Waals surface area contributed by atoms with Crippen LogP contribution in [0, 0.1) is 5.92 Å². The number of rotatable bonds is 3. The summed E-state index contributed by atoms with van der Waals surface area (Å²) in [5.41, 5.74) is 0.984. The van der Waals surface area contributed by atoms with Crippen LogP contribution in [0.4, 0.5) is 5.13 Å². The Kier molecular flexibility index (Phi) is 3.48. The van der Waals surface area contributed by atoms with Crippen molar-refractivity contribution >= 4 is 22.4 Å². The summed E-state index contributed by atoms with van der Waals surface area (Å²) < 4.78 is 5.15. The molecule has 4 nitrogen and oxygen atoms in total. The summed E-state index contributed by atoms with van der Waals surface area (Å²) >= 11 is 1.77. The highest BCUT2D eigenvalue weighted by Gasteiger charge is 2.35. The first-order chi connectivity index (χ1) is 9.19. The minimum Gasteiger partial charge on any atom is -0.465 e. The Morgan fingerprint density at radius 2 is 2.37 bits per heavy atom.